The molecule has 0 radical (unpaired) electrons. The third kappa shape index (κ3) is 3.22. The molecule has 0 unspecified atom stereocenters. The molecule has 0 aliphatic rings. The number of halogens is 1. The van der Waals surface area contributed by atoms with Gasteiger partial charge in [0.2, 0.25) is 0 Å². The van der Waals surface area contributed by atoms with E-state index in [0.29, 0.717) is 33.7 Å². The molecule has 0 heterocycles. The van der Waals surface area contributed by atoms with Gasteiger partial charge < -0.3 is 9.16 Å². The van der Waals surface area contributed by atoms with Crippen LogP contribution in [-0.2, 0) is 0 Å². The molecule has 0 aliphatic heterocycles. The van der Waals surface area contributed by atoms with Crippen LogP contribution < -0.4 is 9.16 Å². The zero-order valence-corrected chi connectivity index (χ0v) is 15.9. The zero-order valence-electron chi connectivity index (χ0n) is 14.9. The Balaban J connectivity index is 3.53. The normalized spacial score (nSPS) is 12.1. The SMILES string of the molecule is C=Cc1c(F)ccc(OC)c1O[Si](C(C)C)(C(C)C)C(C)C. The van der Waals surface area contributed by atoms with E-state index in [1.165, 1.54) is 12.1 Å². The summed E-state index contributed by atoms with van der Waals surface area (Å²) in [6, 6.07) is 3.02. The maximum absolute atomic E-state index is 14.2. The molecular formula is C18H29FO2Si. The van der Waals surface area contributed by atoms with Crippen LogP contribution in [0.3, 0.4) is 0 Å². The molecular weight excluding hydrogens is 295 g/mol. The van der Waals surface area contributed by atoms with E-state index >= 15 is 0 Å². The van der Waals surface area contributed by atoms with Crippen molar-refractivity contribution in [1.29, 1.82) is 0 Å². The summed E-state index contributed by atoms with van der Waals surface area (Å²) in [6.07, 6.45) is 1.51. The Hall–Kier alpha value is -1.29. The fourth-order valence-electron chi connectivity index (χ4n) is 3.54. The predicted molar refractivity (Wildman–Crippen MR) is 94.7 cm³/mol. The highest BCUT2D eigenvalue weighted by Gasteiger charge is 2.47. The van der Waals surface area contributed by atoms with Gasteiger partial charge in [-0.05, 0) is 28.8 Å². The lowest BCUT2D eigenvalue weighted by Crippen LogP contribution is -2.50. The molecule has 0 spiro atoms. The minimum absolute atomic E-state index is 0.329. The molecule has 0 fully saturated rings. The third-order valence-electron chi connectivity index (χ3n) is 4.52. The van der Waals surface area contributed by atoms with Crippen LogP contribution in [0.25, 0.3) is 6.08 Å². The fraction of sp³-hybridized carbons (Fsp3) is 0.556. The molecule has 2 nitrogen and oxygen atoms in total. The number of methoxy groups -OCH3 is 1. The quantitative estimate of drug-likeness (QED) is 0.570. The second-order valence-electron chi connectivity index (χ2n) is 6.62. The van der Waals surface area contributed by atoms with Crippen LogP contribution in [0.5, 0.6) is 11.5 Å². The van der Waals surface area contributed by atoms with Crippen LogP contribution in [0.2, 0.25) is 16.6 Å². The number of benzene rings is 1. The van der Waals surface area contributed by atoms with E-state index in [0.717, 1.165) is 0 Å². The van der Waals surface area contributed by atoms with E-state index < -0.39 is 8.32 Å². The van der Waals surface area contributed by atoms with Crippen molar-refractivity contribution in [3.8, 4) is 11.5 Å². The van der Waals surface area contributed by atoms with Gasteiger partial charge in [0.1, 0.15) is 5.82 Å². The molecule has 0 saturated carbocycles. The smallest absolute Gasteiger partial charge is 0.258 e. The van der Waals surface area contributed by atoms with Crippen LogP contribution in [0.4, 0.5) is 4.39 Å². The molecule has 0 amide bonds. The van der Waals surface area contributed by atoms with E-state index in [1.807, 2.05) is 0 Å². The van der Waals surface area contributed by atoms with Crippen molar-refractivity contribution in [2.75, 3.05) is 7.11 Å². The average molecular weight is 325 g/mol. The Kier molecular flexibility index (Phi) is 6.24. The van der Waals surface area contributed by atoms with Gasteiger partial charge in [0.15, 0.2) is 11.5 Å². The highest BCUT2D eigenvalue weighted by Crippen LogP contribution is 2.46. The van der Waals surface area contributed by atoms with Crippen molar-refractivity contribution in [2.24, 2.45) is 0 Å². The molecule has 0 saturated heterocycles. The molecule has 1 aromatic carbocycles. The van der Waals surface area contributed by atoms with Gasteiger partial charge in [-0.15, -0.1) is 0 Å². The van der Waals surface area contributed by atoms with E-state index in [4.69, 9.17) is 9.16 Å². The largest absolute Gasteiger partial charge is 0.540 e. The summed E-state index contributed by atoms with van der Waals surface area (Å²) in [7, 11) is -0.601. The minimum atomic E-state index is -2.18. The fourth-order valence-corrected chi connectivity index (χ4v) is 8.81. The van der Waals surface area contributed by atoms with Gasteiger partial charge in [-0.2, -0.15) is 0 Å². The average Bonchev–Trinajstić information content (AvgIpc) is 2.43. The van der Waals surface area contributed by atoms with Crippen molar-refractivity contribution >= 4 is 14.4 Å². The van der Waals surface area contributed by atoms with E-state index in [-0.39, 0.29) is 5.82 Å². The third-order valence-corrected chi connectivity index (χ3v) is 10.5. The van der Waals surface area contributed by atoms with Crippen LogP contribution in [-0.4, -0.2) is 15.4 Å². The Morgan fingerprint density at radius 2 is 1.55 bits per heavy atom. The second-order valence-corrected chi connectivity index (χ2v) is 12.0. The Labute approximate surface area is 135 Å². The zero-order chi connectivity index (χ0) is 17.1. The molecule has 0 bridgehead atoms. The summed E-state index contributed by atoms with van der Waals surface area (Å²) < 4.78 is 26.2. The van der Waals surface area contributed by atoms with Gasteiger partial charge in [-0.1, -0.05) is 54.2 Å². The second kappa shape index (κ2) is 7.31. The van der Waals surface area contributed by atoms with Gasteiger partial charge in [-0.3, -0.25) is 0 Å². The molecule has 0 aliphatic carbocycles. The van der Waals surface area contributed by atoms with Gasteiger partial charge >= 0.3 is 0 Å². The lowest BCUT2D eigenvalue weighted by Gasteiger charge is -2.42. The summed E-state index contributed by atoms with van der Waals surface area (Å²) in [5.74, 6) is 0.736. The summed E-state index contributed by atoms with van der Waals surface area (Å²) in [5.41, 5.74) is 1.59. The first-order valence-corrected chi connectivity index (χ1v) is 10.0. The van der Waals surface area contributed by atoms with Gasteiger partial charge in [0.25, 0.3) is 8.32 Å². The molecule has 0 aromatic heterocycles. The van der Waals surface area contributed by atoms with Crippen molar-refractivity contribution < 1.29 is 13.6 Å². The first-order chi connectivity index (χ1) is 10.2. The van der Waals surface area contributed by atoms with Crippen LogP contribution >= 0.6 is 0 Å². The summed E-state index contributed by atoms with van der Waals surface area (Å²) in [4.78, 5) is 0. The molecule has 22 heavy (non-hydrogen) atoms. The molecule has 0 N–H and O–H groups in total. The molecule has 124 valence electrons. The van der Waals surface area contributed by atoms with Crippen LogP contribution in [0, 0.1) is 5.82 Å². The van der Waals surface area contributed by atoms with Gasteiger partial charge in [0.05, 0.1) is 12.7 Å². The highest BCUT2D eigenvalue weighted by atomic mass is 28.4. The molecule has 1 rings (SSSR count). The van der Waals surface area contributed by atoms with E-state index in [9.17, 15) is 4.39 Å². The monoisotopic (exact) mass is 324 g/mol. The van der Waals surface area contributed by atoms with Crippen molar-refractivity contribution in [2.45, 2.75) is 58.2 Å². The molecule has 1 aromatic rings. The lowest BCUT2D eigenvalue weighted by molar-refractivity contribution is 0.380. The van der Waals surface area contributed by atoms with Gasteiger partial charge in [0, 0.05) is 0 Å². The predicted octanol–water partition coefficient (Wildman–Crippen LogP) is 6.03. The number of hydrogen-bond acceptors (Lipinski definition) is 2. The first-order valence-electron chi connectivity index (χ1n) is 7.90. The summed E-state index contributed by atoms with van der Waals surface area (Å²) in [6.45, 7) is 16.9. The van der Waals surface area contributed by atoms with Crippen molar-refractivity contribution in [3.05, 3.63) is 30.1 Å². The number of rotatable bonds is 7. The van der Waals surface area contributed by atoms with E-state index in [2.05, 4.69) is 48.1 Å². The van der Waals surface area contributed by atoms with Crippen molar-refractivity contribution in [1.82, 2.24) is 0 Å². The van der Waals surface area contributed by atoms with Crippen LogP contribution in [0.1, 0.15) is 47.1 Å². The van der Waals surface area contributed by atoms with Crippen LogP contribution in [0.15, 0.2) is 18.7 Å². The Bertz CT molecular complexity index is 502. The Morgan fingerprint density at radius 1 is 1.05 bits per heavy atom. The number of hydrogen-bond donors (Lipinski definition) is 0. The van der Waals surface area contributed by atoms with Crippen molar-refractivity contribution in [3.63, 3.8) is 0 Å². The van der Waals surface area contributed by atoms with E-state index in [1.54, 1.807) is 13.2 Å². The topological polar surface area (TPSA) is 18.5 Å². The maximum Gasteiger partial charge on any atom is 0.258 e. The molecule has 4 heteroatoms. The first kappa shape index (κ1) is 18.8. The van der Waals surface area contributed by atoms with Gasteiger partial charge in [-0.25, -0.2) is 4.39 Å². The highest BCUT2D eigenvalue weighted by molar-refractivity contribution is 6.78. The minimum Gasteiger partial charge on any atom is -0.540 e. The molecule has 0 atom stereocenters. The maximum atomic E-state index is 14.2. The standard InChI is InChI=1S/C18H29FO2Si/c1-9-15-16(19)10-11-17(20-8)18(15)21-22(12(2)3,13(4)5)14(6)7/h9-14H,1H2,2-8H3. The summed E-state index contributed by atoms with van der Waals surface area (Å²) in [5, 5.41) is 0. The number of ether oxygens (including phenoxy) is 1. The Morgan fingerprint density at radius 3 is 1.91 bits per heavy atom. The lowest BCUT2D eigenvalue weighted by atomic mass is 10.1. The summed E-state index contributed by atoms with van der Waals surface area (Å²) >= 11 is 0.